The van der Waals surface area contributed by atoms with Gasteiger partial charge in [0.15, 0.2) is 17.4 Å². The van der Waals surface area contributed by atoms with Crippen LogP contribution in [0.1, 0.15) is 0 Å². The molecular weight excluding hydrogens is 352 g/mol. The minimum Gasteiger partial charge on any atom is -0.496 e. The van der Waals surface area contributed by atoms with Gasteiger partial charge in [-0.2, -0.15) is 0 Å². The van der Waals surface area contributed by atoms with Gasteiger partial charge in [-0.1, -0.05) is 0 Å². The monoisotopic (exact) mass is 359 g/mol. The van der Waals surface area contributed by atoms with E-state index in [1.165, 1.54) is 19.2 Å². The van der Waals surface area contributed by atoms with Crippen molar-refractivity contribution in [3.63, 3.8) is 0 Å². The van der Waals surface area contributed by atoms with Crippen molar-refractivity contribution in [3.05, 3.63) is 56.6 Å². The first-order valence-corrected chi connectivity index (χ1v) is 6.36. The normalized spacial score (nSPS) is 10.3. The van der Waals surface area contributed by atoms with E-state index in [1.54, 1.807) is 6.07 Å². The van der Waals surface area contributed by atoms with Crippen molar-refractivity contribution in [3.8, 4) is 17.2 Å². The second-order valence-corrected chi connectivity index (χ2v) is 4.75. The number of nitrogens with zero attached hydrogens (tertiary/aromatic N) is 1. The lowest BCUT2D eigenvalue weighted by molar-refractivity contribution is -0.385. The third-order valence-electron chi connectivity index (χ3n) is 2.54. The predicted molar refractivity (Wildman–Crippen MR) is 73.8 cm³/mol. The van der Waals surface area contributed by atoms with Crippen LogP contribution in [-0.2, 0) is 0 Å². The van der Waals surface area contributed by atoms with Gasteiger partial charge in [-0.3, -0.25) is 10.1 Å². The van der Waals surface area contributed by atoms with Crippen LogP contribution in [0.3, 0.4) is 0 Å². The summed E-state index contributed by atoms with van der Waals surface area (Å²) in [7, 11) is 1.47. The van der Waals surface area contributed by atoms with Crippen LogP contribution in [0.5, 0.6) is 17.2 Å². The molecule has 0 spiro atoms. The number of hydrogen-bond donors (Lipinski definition) is 0. The number of nitro benzene ring substituents is 1. The molecule has 5 nitrogen and oxygen atoms in total. The standard InChI is InChI=1S/C13H8BrF2NO4/c1-20-12-3-2-8(6-9(12)14)21-13-10(15)4-7(17(18)19)5-11(13)16/h2-6H,1H3. The summed E-state index contributed by atoms with van der Waals surface area (Å²) < 4.78 is 38.0. The smallest absolute Gasteiger partial charge is 0.275 e. The Labute approximate surface area is 126 Å². The maximum atomic E-state index is 13.7. The number of methoxy groups -OCH3 is 1. The van der Waals surface area contributed by atoms with Gasteiger partial charge in [0.05, 0.1) is 28.6 Å². The molecule has 0 saturated heterocycles. The van der Waals surface area contributed by atoms with Crippen molar-refractivity contribution >= 4 is 21.6 Å². The van der Waals surface area contributed by atoms with E-state index in [0.29, 0.717) is 22.4 Å². The Morgan fingerprint density at radius 2 is 1.81 bits per heavy atom. The SMILES string of the molecule is COc1ccc(Oc2c(F)cc([N+](=O)[O-])cc2F)cc1Br. The first-order chi connectivity index (χ1) is 9.92. The molecule has 0 aliphatic carbocycles. The van der Waals surface area contributed by atoms with E-state index in [4.69, 9.17) is 9.47 Å². The Morgan fingerprint density at radius 3 is 2.29 bits per heavy atom. The number of ether oxygens (including phenoxy) is 2. The van der Waals surface area contributed by atoms with Crippen LogP contribution in [0, 0.1) is 21.7 Å². The Bertz CT molecular complexity index is 686. The third kappa shape index (κ3) is 3.27. The Kier molecular flexibility index (Phi) is 4.37. The quantitative estimate of drug-likeness (QED) is 0.598. The molecule has 8 heteroatoms. The zero-order chi connectivity index (χ0) is 15.6. The van der Waals surface area contributed by atoms with Crippen LogP contribution in [0.15, 0.2) is 34.8 Å². The number of halogens is 3. The molecule has 0 saturated carbocycles. The van der Waals surface area contributed by atoms with E-state index in [2.05, 4.69) is 15.9 Å². The van der Waals surface area contributed by atoms with Gasteiger partial charge in [0.25, 0.3) is 5.69 Å². The minimum absolute atomic E-state index is 0.148. The van der Waals surface area contributed by atoms with Crippen molar-refractivity contribution < 1.29 is 23.2 Å². The van der Waals surface area contributed by atoms with Crippen molar-refractivity contribution in [2.75, 3.05) is 7.11 Å². The van der Waals surface area contributed by atoms with Crippen LogP contribution >= 0.6 is 15.9 Å². The van der Waals surface area contributed by atoms with Crippen molar-refractivity contribution in [1.29, 1.82) is 0 Å². The predicted octanol–water partition coefficient (Wildman–Crippen LogP) is 4.44. The van der Waals surface area contributed by atoms with E-state index in [-0.39, 0.29) is 5.75 Å². The van der Waals surface area contributed by atoms with Gasteiger partial charge in [0.1, 0.15) is 11.5 Å². The fraction of sp³-hybridized carbons (Fsp3) is 0.0769. The Balaban J connectivity index is 2.35. The summed E-state index contributed by atoms with van der Waals surface area (Å²) >= 11 is 3.21. The van der Waals surface area contributed by atoms with Gasteiger partial charge in [0, 0.05) is 0 Å². The molecule has 21 heavy (non-hydrogen) atoms. The van der Waals surface area contributed by atoms with E-state index in [0.717, 1.165) is 0 Å². The Hall–Kier alpha value is -2.22. The number of nitro groups is 1. The van der Waals surface area contributed by atoms with Crippen molar-refractivity contribution in [2.45, 2.75) is 0 Å². The molecule has 2 aromatic carbocycles. The average molecular weight is 360 g/mol. The molecule has 0 aliphatic heterocycles. The highest BCUT2D eigenvalue weighted by Crippen LogP contribution is 2.34. The highest BCUT2D eigenvalue weighted by molar-refractivity contribution is 9.10. The highest BCUT2D eigenvalue weighted by atomic mass is 79.9. The summed E-state index contributed by atoms with van der Waals surface area (Å²) in [4.78, 5) is 9.61. The summed E-state index contributed by atoms with van der Waals surface area (Å²) in [5, 5.41) is 10.5. The molecule has 0 heterocycles. The van der Waals surface area contributed by atoms with E-state index >= 15 is 0 Å². The number of benzene rings is 2. The summed E-state index contributed by atoms with van der Waals surface area (Å²) in [5.41, 5.74) is -0.687. The lowest BCUT2D eigenvalue weighted by Crippen LogP contribution is -1.96. The molecule has 0 N–H and O–H groups in total. The molecule has 2 rings (SSSR count). The maximum Gasteiger partial charge on any atom is 0.275 e. The Morgan fingerprint density at radius 1 is 1.19 bits per heavy atom. The van der Waals surface area contributed by atoms with Gasteiger partial charge >= 0.3 is 0 Å². The zero-order valence-corrected chi connectivity index (χ0v) is 12.2. The van der Waals surface area contributed by atoms with Crippen molar-refractivity contribution in [1.82, 2.24) is 0 Å². The lowest BCUT2D eigenvalue weighted by atomic mass is 10.2. The molecule has 2 aromatic rings. The van der Waals surface area contributed by atoms with Crippen molar-refractivity contribution in [2.24, 2.45) is 0 Å². The summed E-state index contributed by atoms with van der Waals surface area (Å²) in [6.45, 7) is 0. The van der Waals surface area contributed by atoms with Gasteiger partial charge in [0.2, 0.25) is 0 Å². The van der Waals surface area contributed by atoms with Gasteiger partial charge in [-0.25, -0.2) is 8.78 Å². The van der Waals surface area contributed by atoms with Crippen LogP contribution in [0.2, 0.25) is 0 Å². The highest BCUT2D eigenvalue weighted by Gasteiger charge is 2.19. The topological polar surface area (TPSA) is 61.6 Å². The first-order valence-electron chi connectivity index (χ1n) is 5.57. The van der Waals surface area contributed by atoms with Crippen LogP contribution in [0.25, 0.3) is 0 Å². The summed E-state index contributed by atoms with van der Waals surface area (Å²) in [5.74, 6) is -2.36. The lowest BCUT2D eigenvalue weighted by Gasteiger charge is -2.09. The molecule has 0 aliphatic rings. The molecule has 0 atom stereocenters. The minimum atomic E-state index is -1.16. The second-order valence-electron chi connectivity index (χ2n) is 3.89. The van der Waals surface area contributed by atoms with Crippen LogP contribution < -0.4 is 9.47 Å². The number of non-ortho nitro benzene ring substituents is 1. The average Bonchev–Trinajstić information content (AvgIpc) is 2.42. The summed E-state index contributed by atoms with van der Waals surface area (Å²) in [6, 6.07) is 5.64. The number of hydrogen-bond acceptors (Lipinski definition) is 4. The third-order valence-corrected chi connectivity index (χ3v) is 3.16. The van der Waals surface area contributed by atoms with Gasteiger partial charge in [-0.05, 0) is 34.1 Å². The molecule has 0 radical (unpaired) electrons. The molecule has 0 unspecified atom stereocenters. The fourth-order valence-electron chi connectivity index (χ4n) is 1.58. The maximum absolute atomic E-state index is 13.7. The molecule has 0 bridgehead atoms. The largest absolute Gasteiger partial charge is 0.496 e. The van der Waals surface area contributed by atoms with Crippen LogP contribution in [-0.4, -0.2) is 12.0 Å². The zero-order valence-electron chi connectivity index (χ0n) is 10.6. The number of rotatable bonds is 4. The fourth-order valence-corrected chi connectivity index (χ4v) is 2.10. The second kappa shape index (κ2) is 6.04. The molecule has 110 valence electrons. The van der Waals surface area contributed by atoms with E-state index < -0.39 is 28.0 Å². The van der Waals surface area contributed by atoms with Crippen LogP contribution in [0.4, 0.5) is 14.5 Å². The molecule has 0 fully saturated rings. The molecule has 0 amide bonds. The summed E-state index contributed by atoms with van der Waals surface area (Å²) in [6.07, 6.45) is 0. The van der Waals surface area contributed by atoms with Gasteiger partial charge < -0.3 is 9.47 Å². The molecule has 0 aromatic heterocycles. The van der Waals surface area contributed by atoms with Gasteiger partial charge in [-0.15, -0.1) is 0 Å². The molecular formula is C13H8BrF2NO4. The van der Waals surface area contributed by atoms with E-state index in [9.17, 15) is 18.9 Å². The van der Waals surface area contributed by atoms with E-state index in [1.807, 2.05) is 0 Å². The first kappa shape index (κ1) is 15.2.